The number of guanidine groups is 1. The number of hydrogen-bond acceptors (Lipinski definition) is 2. The van der Waals surface area contributed by atoms with Gasteiger partial charge < -0.3 is 15.5 Å². The number of amides is 1. The van der Waals surface area contributed by atoms with Gasteiger partial charge in [0, 0.05) is 26.7 Å². The number of carbonyl (C=O) groups excluding carboxylic acids is 1. The number of aliphatic imine (C=N–C) groups is 1. The summed E-state index contributed by atoms with van der Waals surface area (Å²) in [4.78, 5) is 17.3. The second kappa shape index (κ2) is 8.55. The van der Waals surface area contributed by atoms with Crippen molar-refractivity contribution in [1.29, 1.82) is 0 Å². The predicted octanol–water partition coefficient (Wildman–Crippen LogP) is 0.984. The third kappa shape index (κ3) is 7.70. The highest BCUT2D eigenvalue weighted by molar-refractivity contribution is 5.85. The zero-order valence-electron chi connectivity index (χ0n) is 12.2. The van der Waals surface area contributed by atoms with Gasteiger partial charge in [0.1, 0.15) is 6.54 Å². The van der Waals surface area contributed by atoms with Gasteiger partial charge >= 0.3 is 0 Å². The van der Waals surface area contributed by atoms with Crippen LogP contribution in [0.3, 0.4) is 0 Å². The van der Waals surface area contributed by atoms with E-state index in [1.54, 1.807) is 14.1 Å². The van der Waals surface area contributed by atoms with Crippen molar-refractivity contribution < 1.29 is 4.79 Å². The summed E-state index contributed by atoms with van der Waals surface area (Å²) in [5.41, 5.74) is 1.02. The van der Waals surface area contributed by atoms with Gasteiger partial charge in [-0.25, -0.2) is 4.99 Å². The molecule has 1 amide bonds. The Morgan fingerprint density at radius 3 is 2.50 bits per heavy atom. The largest absolute Gasteiger partial charge is 0.354 e. The maximum Gasteiger partial charge on any atom is 0.243 e. The molecule has 0 aromatic rings. The summed E-state index contributed by atoms with van der Waals surface area (Å²) in [5, 5.41) is 6.39. The summed E-state index contributed by atoms with van der Waals surface area (Å²) < 4.78 is 0. The Kier molecular flexibility index (Phi) is 7.83. The molecule has 1 unspecified atom stereocenters. The number of nitrogens with zero attached hydrogens (tertiary/aromatic N) is 2. The normalized spacial score (nSPS) is 12.8. The first-order chi connectivity index (χ1) is 8.36. The van der Waals surface area contributed by atoms with Gasteiger partial charge in [-0.1, -0.05) is 19.1 Å². The Bertz CT molecular complexity index is 310. The van der Waals surface area contributed by atoms with Crippen molar-refractivity contribution in [2.24, 2.45) is 4.99 Å². The first-order valence-corrected chi connectivity index (χ1v) is 6.26. The van der Waals surface area contributed by atoms with Gasteiger partial charge in [0.25, 0.3) is 0 Å². The molecule has 0 aliphatic rings. The monoisotopic (exact) mass is 254 g/mol. The van der Waals surface area contributed by atoms with Crippen molar-refractivity contribution in [2.45, 2.75) is 33.2 Å². The molecule has 0 aromatic carbocycles. The predicted molar refractivity (Wildman–Crippen MR) is 76.7 cm³/mol. The Morgan fingerprint density at radius 2 is 2.06 bits per heavy atom. The van der Waals surface area contributed by atoms with Gasteiger partial charge in [-0.3, -0.25) is 4.79 Å². The van der Waals surface area contributed by atoms with Crippen molar-refractivity contribution in [3.63, 3.8) is 0 Å². The van der Waals surface area contributed by atoms with Crippen LogP contribution in [0, 0.1) is 0 Å². The zero-order valence-corrected chi connectivity index (χ0v) is 12.2. The summed E-state index contributed by atoms with van der Waals surface area (Å²) in [6.45, 7) is 10.7. The Morgan fingerprint density at radius 1 is 1.44 bits per heavy atom. The molecular formula is C13H26N4O. The molecule has 0 aliphatic carbocycles. The van der Waals surface area contributed by atoms with Crippen LogP contribution in [-0.4, -0.2) is 50.0 Å². The van der Waals surface area contributed by atoms with Crippen LogP contribution >= 0.6 is 0 Å². The summed E-state index contributed by atoms with van der Waals surface area (Å²) in [5.74, 6) is 0.637. The molecular weight excluding hydrogens is 228 g/mol. The van der Waals surface area contributed by atoms with Crippen LogP contribution in [0.15, 0.2) is 17.1 Å². The maximum absolute atomic E-state index is 11.5. The van der Waals surface area contributed by atoms with Crippen LogP contribution in [0.25, 0.3) is 0 Å². The third-order valence-corrected chi connectivity index (χ3v) is 2.42. The number of hydrogen-bond donors (Lipinski definition) is 2. The topological polar surface area (TPSA) is 56.7 Å². The van der Waals surface area contributed by atoms with E-state index in [1.807, 2.05) is 6.92 Å². The highest BCUT2D eigenvalue weighted by Crippen LogP contribution is 1.90. The van der Waals surface area contributed by atoms with E-state index >= 15 is 0 Å². The summed E-state index contributed by atoms with van der Waals surface area (Å²) in [7, 11) is 3.45. The summed E-state index contributed by atoms with van der Waals surface area (Å²) in [6, 6.07) is 0.316. The van der Waals surface area contributed by atoms with Gasteiger partial charge in [-0.15, -0.1) is 0 Å². The zero-order chi connectivity index (χ0) is 14.1. The minimum Gasteiger partial charge on any atom is -0.354 e. The molecule has 0 heterocycles. The van der Waals surface area contributed by atoms with Crippen LogP contribution in [0.5, 0.6) is 0 Å². The van der Waals surface area contributed by atoms with Gasteiger partial charge in [0.2, 0.25) is 5.91 Å². The highest BCUT2D eigenvalue weighted by atomic mass is 16.2. The molecule has 0 bridgehead atoms. The van der Waals surface area contributed by atoms with E-state index in [9.17, 15) is 4.79 Å². The van der Waals surface area contributed by atoms with E-state index in [0.29, 0.717) is 18.5 Å². The summed E-state index contributed by atoms with van der Waals surface area (Å²) >= 11 is 0. The van der Waals surface area contributed by atoms with Crippen LogP contribution in [0.1, 0.15) is 27.2 Å². The Balaban J connectivity index is 4.48. The molecule has 1 atom stereocenters. The second-order valence-corrected chi connectivity index (χ2v) is 4.72. The Hall–Kier alpha value is -1.52. The molecule has 5 heteroatoms. The lowest BCUT2D eigenvalue weighted by Gasteiger charge is -2.17. The molecule has 2 N–H and O–H groups in total. The second-order valence-electron chi connectivity index (χ2n) is 4.72. The molecule has 0 aromatic heterocycles. The lowest BCUT2D eigenvalue weighted by molar-refractivity contribution is -0.127. The van der Waals surface area contributed by atoms with Crippen molar-refractivity contribution in [1.82, 2.24) is 15.5 Å². The van der Waals surface area contributed by atoms with Gasteiger partial charge in [0.05, 0.1) is 0 Å². The lowest BCUT2D eigenvalue weighted by atomic mass is 10.3. The lowest BCUT2D eigenvalue weighted by Crippen LogP contribution is -2.43. The van der Waals surface area contributed by atoms with Gasteiger partial charge in [-0.05, 0) is 20.3 Å². The number of nitrogens with one attached hydrogen (secondary N) is 2. The van der Waals surface area contributed by atoms with Crippen molar-refractivity contribution in [3.8, 4) is 0 Å². The van der Waals surface area contributed by atoms with E-state index in [-0.39, 0.29) is 12.5 Å². The van der Waals surface area contributed by atoms with Crippen molar-refractivity contribution in [3.05, 3.63) is 12.2 Å². The van der Waals surface area contributed by atoms with E-state index in [1.165, 1.54) is 4.90 Å². The molecule has 0 radical (unpaired) electrons. The van der Waals surface area contributed by atoms with Crippen LogP contribution < -0.4 is 10.6 Å². The van der Waals surface area contributed by atoms with Crippen LogP contribution in [0.2, 0.25) is 0 Å². The Labute approximate surface area is 110 Å². The first-order valence-electron chi connectivity index (χ1n) is 6.26. The van der Waals surface area contributed by atoms with Gasteiger partial charge in [-0.2, -0.15) is 0 Å². The van der Waals surface area contributed by atoms with Crippen molar-refractivity contribution in [2.75, 3.05) is 27.2 Å². The molecule has 104 valence electrons. The SMILES string of the molecule is C=C(C)CNC(=NCC(=O)N(C)C)NC(C)CC. The molecule has 0 saturated heterocycles. The van der Waals surface area contributed by atoms with E-state index in [4.69, 9.17) is 0 Å². The molecule has 18 heavy (non-hydrogen) atoms. The fraction of sp³-hybridized carbons (Fsp3) is 0.692. The fourth-order valence-corrected chi connectivity index (χ4v) is 1.01. The first kappa shape index (κ1) is 16.5. The minimum absolute atomic E-state index is 0.0180. The van der Waals surface area contributed by atoms with Crippen molar-refractivity contribution >= 4 is 11.9 Å². The molecule has 0 aliphatic heterocycles. The standard InChI is InChI=1S/C13H26N4O/c1-7-11(4)16-13(14-8-10(2)3)15-9-12(18)17(5)6/h11H,2,7-9H2,1,3-6H3,(H2,14,15,16). The molecule has 0 fully saturated rings. The van der Waals surface area contributed by atoms with Gasteiger partial charge in [0.15, 0.2) is 5.96 Å². The number of rotatable bonds is 6. The van der Waals surface area contributed by atoms with Crippen LogP contribution in [0.4, 0.5) is 0 Å². The molecule has 0 spiro atoms. The number of carbonyl (C=O) groups is 1. The average molecular weight is 254 g/mol. The fourth-order valence-electron chi connectivity index (χ4n) is 1.01. The quantitative estimate of drug-likeness (QED) is 0.422. The molecule has 0 saturated carbocycles. The van der Waals surface area contributed by atoms with E-state index < -0.39 is 0 Å². The van der Waals surface area contributed by atoms with E-state index in [0.717, 1.165) is 12.0 Å². The number of likely N-dealkylation sites (N-methyl/N-ethyl adjacent to an activating group) is 1. The average Bonchev–Trinajstić information content (AvgIpc) is 2.31. The smallest absolute Gasteiger partial charge is 0.243 e. The molecule has 0 rings (SSSR count). The van der Waals surface area contributed by atoms with Crippen LogP contribution in [-0.2, 0) is 4.79 Å². The molecule has 5 nitrogen and oxygen atoms in total. The summed E-state index contributed by atoms with van der Waals surface area (Å²) in [6.07, 6.45) is 0.995. The minimum atomic E-state index is -0.0180. The van der Waals surface area contributed by atoms with E-state index in [2.05, 4.69) is 36.1 Å². The maximum atomic E-state index is 11.5. The highest BCUT2D eigenvalue weighted by Gasteiger charge is 2.06. The third-order valence-electron chi connectivity index (χ3n) is 2.42.